The normalized spacial score (nSPS) is 27.9. The molecular formula is C11H19FN3O12P3. The summed E-state index contributed by atoms with van der Waals surface area (Å²) in [7, 11) is -15.1. The van der Waals surface area contributed by atoms with Crippen LogP contribution in [0.15, 0.2) is 11.0 Å². The molecular weight excluding hydrogens is 478 g/mol. The molecule has 1 aliphatic heterocycles. The Labute approximate surface area is 168 Å². The maximum atomic E-state index is 13.6. The fourth-order valence-corrected chi connectivity index (χ4v) is 5.80. The molecule has 19 heteroatoms. The highest BCUT2D eigenvalue weighted by atomic mass is 31.3. The highest BCUT2D eigenvalue weighted by Gasteiger charge is 2.43. The van der Waals surface area contributed by atoms with Gasteiger partial charge in [0.05, 0.1) is 18.9 Å². The van der Waals surface area contributed by atoms with E-state index < -0.39 is 65.6 Å². The van der Waals surface area contributed by atoms with Gasteiger partial charge < -0.3 is 25.2 Å². The van der Waals surface area contributed by atoms with Crippen LogP contribution in [0.1, 0.15) is 19.6 Å². The topological polar surface area (TPSA) is 219 Å². The van der Waals surface area contributed by atoms with Crippen molar-refractivity contribution in [3.63, 3.8) is 0 Å². The van der Waals surface area contributed by atoms with Crippen LogP contribution in [0, 0.1) is 11.7 Å². The van der Waals surface area contributed by atoms with Gasteiger partial charge in [0.2, 0.25) is 0 Å². The first-order valence-corrected chi connectivity index (χ1v) is 12.4. The number of aromatic nitrogens is 2. The van der Waals surface area contributed by atoms with E-state index in [1.807, 2.05) is 0 Å². The second-order valence-corrected chi connectivity index (χ2v) is 10.8. The predicted molar refractivity (Wildman–Crippen MR) is 95.2 cm³/mol. The lowest BCUT2D eigenvalue weighted by Crippen LogP contribution is -2.30. The monoisotopic (exact) mass is 497 g/mol. The Morgan fingerprint density at radius 2 is 1.87 bits per heavy atom. The average Bonchev–Trinajstić information content (AvgIpc) is 2.95. The molecule has 0 aliphatic carbocycles. The molecule has 30 heavy (non-hydrogen) atoms. The molecule has 2 rings (SSSR count). The van der Waals surface area contributed by atoms with Crippen molar-refractivity contribution in [2.45, 2.75) is 25.7 Å². The Balaban J connectivity index is 2.00. The highest BCUT2D eigenvalue weighted by molar-refractivity contribution is 7.66. The van der Waals surface area contributed by atoms with Gasteiger partial charge in [0.25, 0.3) is 0 Å². The van der Waals surface area contributed by atoms with Crippen LogP contribution < -0.4 is 11.4 Å². The third-order valence-corrected chi connectivity index (χ3v) is 7.97. The van der Waals surface area contributed by atoms with Gasteiger partial charge in [0, 0.05) is 13.0 Å². The Kier molecular flexibility index (Phi) is 7.76. The second-order valence-electron chi connectivity index (χ2n) is 6.07. The smallest absolute Gasteiger partial charge is 0.381 e. The number of nitrogen functional groups attached to an aromatic ring is 1. The fourth-order valence-electron chi connectivity index (χ4n) is 2.51. The van der Waals surface area contributed by atoms with Gasteiger partial charge in [0.1, 0.15) is 6.23 Å². The fraction of sp³-hybridized carbons (Fsp3) is 0.636. The van der Waals surface area contributed by atoms with Gasteiger partial charge in [-0.1, -0.05) is 6.92 Å². The highest BCUT2D eigenvalue weighted by Crippen LogP contribution is 2.67. The first kappa shape index (κ1) is 25.2. The molecule has 5 N–H and O–H groups in total. The molecule has 172 valence electrons. The molecule has 6 atom stereocenters. The summed E-state index contributed by atoms with van der Waals surface area (Å²) in [4.78, 5) is 43.0. The summed E-state index contributed by atoms with van der Waals surface area (Å²) in [6.07, 6.45) is -0.936. The zero-order chi connectivity index (χ0) is 22.9. The van der Waals surface area contributed by atoms with Crippen molar-refractivity contribution in [3.05, 3.63) is 22.5 Å². The van der Waals surface area contributed by atoms with E-state index in [1.165, 1.54) is 0 Å². The lowest BCUT2D eigenvalue weighted by molar-refractivity contribution is -0.0335. The quantitative estimate of drug-likeness (QED) is 0.348. The number of hydrogen-bond acceptors (Lipinski definition) is 11. The van der Waals surface area contributed by atoms with Crippen LogP contribution in [0.2, 0.25) is 0 Å². The van der Waals surface area contributed by atoms with Gasteiger partial charge in [-0.3, -0.25) is 13.6 Å². The van der Waals surface area contributed by atoms with Gasteiger partial charge in [-0.2, -0.15) is 13.6 Å². The van der Waals surface area contributed by atoms with Gasteiger partial charge in [-0.05, 0) is 6.42 Å². The van der Waals surface area contributed by atoms with Gasteiger partial charge in [-0.15, -0.1) is 0 Å². The maximum absolute atomic E-state index is 13.6. The maximum Gasteiger partial charge on any atom is 0.490 e. The first-order chi connectivity index (χ1) is 13.6. The molecule has 1 saturated heterocycles. The minimum atomic E-state index is -5.53. The number of anilines is 1. The van der Waals surface area contributed by atoms with Gasteiger partial charge in [0.15, 0.2) is 11.6 Å². The minimum Gasteiger partial charge on any atom is -0.381 e. The molecule has 0 radical (unpaired) electrons. The lowest BCUT2D eigenvalue weighted by Gasteiger charge is -2.20. The van der Waals surface area contributed by atoms with Crippen LogP contribution in [-0.4, -0.2) is 44.1 Å². The van der Waals surface area contributed by atoms with Crippen molar-refractivity contribution < 1.29 is 55.2 Å². The summed E-state index contributed by atoms with van der Waals surface area (Å²) in [6.45, 7) is 0.981. The number of ether oxygens (including phenoxy) is 1. The predicted octanol–water partition coefficient (Wildman–Crippen LogP) is 0.886. The number of hydrogen-bond donors (Lipinski definition) is 4. The van der Waals surface area contributed by atoms with E-state index in [-0.39, 0.29) is 6.42 Å². The van der Waals surface area contributed by atoms with E-state index in [4.69, 9.17) is 15.4 Å². The van der Waals surface area contributed by atoms with Crippen LogP contribution in [0.3, 0.4) is 0 Å². The standard InChI is InChI=1S/C11H19FN3O12P3/c1-6-3-7(25-10(6)15-4-8(12)9(13)14-11(15)16)5-24-29(19,20)27-30(21,22)26-28(17,18)23-2/h4,6-7,10H,3,5H2,1-2H3,(H,17,18)(H,19,20)(H,21,22)(H2,13,14,16)/t6-,7-,10+/m0/s1. The van der Waals surface area contributed by atoms with Crippen molar-refractivity contribution in [1.82, 2.24) is 9.55 Å². The molecule has 1 fully saturated rings. The SMILES string of the molecule is COP(=O)(O)OP(=O)(O)OP(=O)(O)OC[C@@H]1C[C@H](C)[C@H](n2cc(F)c(N)nc2=O)O1. The summed E-state index contributed by atoms with van der Waals surface area (Å²) in [6, 6.07) is 0. The minimum absolute atomic E-state index is 0.173. The van der Waals surface area contributed by atoms with E-state index in [1.54, 1.807) is 6.92 Å². The molecule has 15 nitrogen and oxygen atoms in total. The molecule has 3 unspecified atom stereocenters. The third kappa shape index (κ3) is 6.74. The van der Waals surface area contributed by atoms with Crippen molar-refractivity contribution in [1.29, 1.82) is 0 Å². The number of nitrogens with zero attached hydrogens (tertiary/aromatic N) is 2. The Bertz CT molecular complexity index is 988. The van der Waals surface area contributed by atoms with Crippen molar-refractivity contribution in [2.24, 2.45) is 5.92 Å². The van der Waals surface area contributed by atoms with E-state index in [0.717, 1.165) is 10.8 Å². The Morgan fingerprint density at radius 1 is 1.27 bits per heavy atom. The molecule has 1 aromatic heterocycles. The summed E-state index contributed by atoms with van der Waals surface area (Å²) < 4.78 is 70.6. The molecule has 1 aromatic rings. The lowest BCUT2D eigenvalue weighted by atomic mass is 10.1. The van der Waals surface area contributed by atoms with E-state index in [0.29, 0.717) is 7.11 Å². The van der Waals surface area contributed by atoms with Crippen LogP contribution in [0.25, 0.3) is 0 Å². The van der Waals surface area contributed by atoms with Gasteiger partial charge >= 0.3 is 29.2 Å². The average molecular weight is 497 g/mol. The molecule has 0 spiro atoms. The number of phosphoric acid groups is 3. The van der Waals surface area contributed by atoms with Crippen LogP contribution in [0.5, 0.6) is 0 Å². The third-order valence-electron chi connectivity index (χ3n) is 3.73. The first-order valence-electron chi connectivity index (χ1n) is 7.95. The summed E-state index contributed by atoms with van der Waals surface area (Å²) >= 11 is 0. The second kappa shape index (κ2) is 9.23. The molecule has 0 aromatic carbocycles. The molecule has 1 aliphatic rings. The van der Waals surface area contributed by atoms with E-state index in [9.17, 15) is 32.7 Å². The van der Waals surface area contributed by atoms with Crippen LogP contribution >= 0.6 is 23.5 Å². The molecule has 0 amide bonds. The number of phosphoric ester groups is 2. The summed E-state index contributed by atoms with van der Waals surface area (Å²) in [5.74, 6) is -1.93. The number of halogens is 1. The summed E-state index contributed by atoms with van der Waals surface area (Å²) in [5.41, 5.74) is 4.33. The zero-order valence-electron chi connectivity index (χ0n) is 15.4. The van der Waals surface area contributed by atoms with Gasteiger partial charge in [-0.25, -0.2) is 22.9 Å². The van der Waals surface area contributed by atoms with Crippen molar-refractivity contribution in [3.8, 4) is 0 Å². The van der Waals surface area contributed by atoms with E-state index in [2.05, 4.69) is 22.7 Å². The summed E-state index contributed by atoms with van der Waals surface area (Å²) in [5, 5.41) is 0. The molecule has 0 bridgehead atoms. The molecule has 2 heterocycles. The Morgan fingerprint density at radius 3 is 2.47 bits per heavy atom. The molecule has 0 saturated carbocycles. The zero-order valence-corrected chi connectivity index (χ0v) is 18.1. The van der Waals surface area contributed by atoms with E-state index >= 15 is 0 Å². The number of rotatable bonds is 9. The number of nitrogens with two attached hydrogens (primary N) is 1. The largest absolute Gasteiger partial charge is 0.490 e. The Hall–Kier alpha value is -1.02. The van der Waals surface area contributed by atoms with Crippen LogP contribution in [0.4, 0.5) is 10.2 Å². The van der Waals surface area contributed by atoms with Crippen molar-refractivity contribution in [2.75, 3.05) is 19.5 Å². The van der Waals surface area contributed by atoms with Crippen LogP contribution in [-0.2, 0) is 36.1 Å². The van der Waals surface area contributed by atoms with Crippen molar-refractivity contribution >= 4 is 29.3 Å².